The Bertz CT molecular complexity index is 120. The quantitative estimate of drug-likeness (QED) is 0.628. The van der Waals surface area contributed by atoms with E-state index in [0.29, 0.717) is 4.75 Å². The van der Waals surface area contributed by atoms with Crippen molar-refractivity contribution in [3.05, 3.63) is 10.3 Å². The Morgan fingerprint density at radius 2 is 1.80 bits per heavy atom. The van der Waals surface area contributed by atoms with Crippen LogP contribution in [0.1, 0.15) is 27.7 Å². The standard InChI is InChI=1S/C8H16S2/c1-6-7(9-5)10-8(2,3)4/h6H,1-5H3/b7-6-. The van der Waals surface area contributed by atoms with E-state index in [9.17, 15) is 0 Å². The minimum absolute atomic E-state index is 0.352. The van der Waals surface area contributed by atoms with Crippen LogP contribution in [-0.2, 0) is 0 Å². The normalized spacial score (nSPS) is 13.9. The molecular weight excluding hydrogens is 160 g/mol. The van der Waals surface area contributed by atoms with Gasteiger partial charge in [-0.2, -0.15) is 0 Å². The van der Waals surface area contributed by atoms with Crippen LogP contribution in [0, 0.1) is 0 Å². The Kier molecular flexibility index (Phi) is 4.54. The van der Waals surface area contributed by atoms with Gasteiger partial charge in [-0.1, -0.05) is 26.8 Å². The fourth-order valence-corrected chi connectivity index (χ4v) is 2.56. The molecule has 0 radical (unpaired) electrons. The second kappa shape index (κ2) is 4.35. The van der Waals surface area contributed by atoms with Crippen LogP contribution in [0.2, 0.25) is 0 Å². The highest BCUT2D eigenvalue weighted by atomic mass is 32.2. The van der Waals surface area contributed by atoms with Gasteiger partial charge in [-0.25, -0.2) is 0 Å². The summed E-state index contributed by atoms with van der Waals surface area (Å²) < 4.78 is 1.76. The molecule has 0 N–H and O–H groups in total. The molecule has 0 amide bonds. The Morgan fingerprint density at radius 3 is 1.90 bits per heavy atom. The molecule has 2 heteroatoms. The molecular formula is C8H16S2. The third-order valence-electron chi connectivity index (χ3n) is 0.844. The van der Waals surface area contributed by atoms with Gasteiger partial charge in [0.1, 0.15) is 0 Å². The van der Waals surface area contributed by atoms with Crippen molar-refractivity contribution in [3.63, 3.8) is 0 Å². The minimum atomic E-state index is 0.352. The van der Waals surface area contributed by atoms with Crippen molar-refractivity contribution in [1.29, 1.82) is 0 Å². The van der Waals surface area contributed by atoms with Crippen LogP contribution in [0.4, 0.5) is 0 Å². The van der Waals surface area contributed by atoms with Gasteiger partial charge < -0.3 is 0 Å². The molecule has 0 aromatic rings. The Hall–Kier alpha value is 0.440. The highest BCUT2D eigenvalue weighted by molar-refractivity contribution is 8.22. The van der Waals surface area contributed by atoms with Crippen LogP contribution < -0.4 is 0 Å². The molecule has 0 aliphatic carbocycles. The lowest BCUT2D eigenvalue weighted by atomic mass is 10.3. The van der Waals surface area contributed by atoms with Crippen molar-refractivity contribution in [3.8, 4) is 0 Å². The Morgan fingerprint density at radius 1 is 1.30 bits per heavy atom. The van der Waals surface area contributed by atoms with E-state index in [1.807, 2.05) is 23.5 Å². The lowest BCUT2D eigenvalue weighted by molar-refractivity contribution is 0.807. The number of hydrogen-bond acceptors (Lipinski definition) is 2. The fraction of sp³-hybridized carbons (Fsp3) is 0.750. The summed E-state index contributed by atoms with van der Waals surface area (Å²) in [5.41, 5.74) is 0. The highest BCUT2D eigenvalue weighted by Crippen LogP contribution is 2.36. The molecule has 0 unspecified atom stereocenters. The van der Waals surface area contributed by atoms with Crippen molar-refractivity contribution in [2.24, 2.45) is 0 Å². The summed E-state index contributed by atoms with van der Waals surface area (Å²) in [5, 5.41) is 0. The van der Waals surface area contributed by atoms with E-state index >= 15 is 0 Å². The Balaban J connectivity index is 3.88. The number of rotatable bonds is 2. The van der Waals surface area contributed by atoms with Crippen molar-refractivity contribution >= 4 is 23.5 Å². The lowest BCUT2D eigenvalue weighted by Gasteiger charge is -2.18. The van der Waals surface area contributed by atoms with Crippen LogP contribution in [0.15, 0.2) is 10.3 Å². The van der Waals surface area contributed by atoms with E-state index in [4.69, 9.17) is 0 Å². The fourth-order valence-electron chi connectivity index (χ4n) is 0.520. The average Bonchev–Trinajstić information content (AvgIpc) is 1.81. The van der Waals surface area contributed by atoms with Gasteiger partial charge in [-0.3, -0.25) is 0 Å². The van der Waals surface area contributed by atoms with E-state index in [-0.39, 0.29) is 0 Å². The third kappa shape index (κ3) is 5.24. The summed E-state index contributed by atoms with van der Waals surface area (Å²) in [6.07, 6.45) is 4.29. The maximum Gasteiger partial charge on any atom is 0.0360 e. The zero-order valence-corrected chi connectivity index (χ0v) is 9.03. The van der Waals surface area contributed by atoms with Crippen LogP contribution in [0.25, 0.3) is 0 Å². The van der Waals surface area contributed by atoms with Gasteiger partial charge in [0.15, 0.2) is 0 Å². The number of allylic oxidation sites excluding steroid dienone is 1. The third-order valence-corrected chi connectivity index (χ3v) is 3.28. The molecule has 0 aliphatic heterocycles. The monoisotopic (exact) mass is 176 g/mol. The molecule has 0 bridgehead atoms. The highest BCUT2D eigenvalue weighted by Gasteiger charge is 2.12. The van der Waals surface area contributed by atoms with E-state index in [1.54, 1.807) is 0 Å². The summed E-state index contributed by atoms with van der Waals surface area (Å²) in [6.45, 7) is 8.79. The zero-order chi connectivity index (χ0) is 8.20. The average molecular weight is 176 g/mol. The van der Waals surface area contributed by atoms with Crippen LogP contribution in [0.3, 0.4) is 0 Å². The van der Waals surface area contributed by atoms with Gasteiger partial charge in [-0.05, 0) is 13.2 Å². The molecule has 0 heterocycles. The first kappa shape index (κ1) is 10.4. The summed E-state index contributed by atoms with van der Waals surface area (Å²) in [7, 11) is 0. The molecule has 60 valence electrons. The summed E-state index contributed by atoms with van der Waals surface area (Å²) in [6, 6.07) is 0. The molecule has 0 fully saturated rings. The van der Waals surface area contributed by atoms with Crippen LogP contribution >= 0.6 is 23.5 Å². The SMILES string of the molecule is C/C=C(/SC)SC(C)(C)C. The predicted octanol–water partition coefficient (Wildman–Crippen LogP) is 3.74. The van der Waals surface area contributed by atoms with E-state index in [0.717, 1.165) is 0 Å². The molecule has 0 saturated carbocycles. The minimum Gasteiger partial charge on any atom is -0.123 e. The maximum absolute atomic E-state index is 2.23. The van der Waals surface area contributed by atoms with Gasteiger partial charge in [0.25, 0.3) is 0 Å². The smallest absolute Gasteiger partial charge is 0.0360 e. The van der Waals surface area contributed by atoms with Crippen LogP contribution in [-0.4, -0.2) is 11.0 Å². The van der Waals surface area contributed by atoms with Crippen molar-refractivity contribution < 1.29 is 0 Å². The topological polar surface area (TPSA) is 0 Å². The molecule has 0 aromatic carbocycles. The second-order valence-electron chi connectivity index (χ2n) is 3.03. The first-order valence-corrected chi connectivity index (χ1v) is 5.43. The van der Waals surface area contributed by atoms with Gasteiger partial charge in [0, 0.05) is 8.98 Å². The maximum atomic E-state index is 2.23. The molecule has 10 heavy (non-hydrogen) atoms. The molecule has 0 aliphatic rings. The van der Waals surface area contributed by atoms with Gasteiger partial charge in [0.05, 0.1) is 0 Å². The zero-order valence-electron chi connectivity index (χ0n) is 7.39. The lowest BCUT2D eigenvalue weighted by Crippen LogP contribution is -2.06. The molecule has 0 saturated heterocycles. The van der Waals surface area contributed by atoms with Crippen molar-refractivity contribution in [2.75, 3.05) is 6.26 Å². The Labute approximate surface area is 72.9 Å². The van der Waals surface area contributed by atoms with E-state index in [1.165, 1.54) is 4.24 Å². The van der Waals surface area contributed by atoms with E-state index < -0.39 is 0 Å². The summed E-state index contributed by atoms with van der Waals surface area (Å²) >= 11 is 3.75. The first-order valence-electron chi connectivity index (χ1n) is 3.39. The largest absolute Gasteiger partial charge is 0.123 e. The number of hydrogen-bond donors (Lipinski definition) is 0. The van der Waals surface area contributed by atoms with E-state index in [2.05, 4.69) is 40.0 Å². The van der Waals surface area contributed by atoms with Crippen molar-refractivity contribution in [2.45, 2.75) is 32.4 Å². The van der Waals surface area contributed by atoms with Crippen molar-refractivity contribution in [1.82, 2.24) is 0 Å². The van der Waals surface area contributed by atoms with Gasteiger partial charge >= 0.3 is 0 Å². The van der Waals surface area contributed by atoms with Gasteiger partial charge in [0.2, 0.25) is 0 Å². The number of thioether (sulfide) groups is 2. The molecule has 0 rings (SSSR count). The second-order valence-corrected chi connectivity index (χ2v) is 6.00. The van der Waals surface area contributed by atoms with Crippen LogP contribution in [0.5, 0.6) is 0 Å². The molecule has 0 nitrogen and oxygen atoms in total. The van der Waals surface area contributed by atoms with Gasteiger partial charge in [-0.15, -0.1) is 23.5 Å². The summed E-state index contributed by atoms with van der Waals surface area (Å²) in [4.78, 5) is 0. The predicted molar refractivity (Wildman–Crippen MR) is 54.6 cm³/mol. The first-order chi connectivity index (χ1) is 4.49. The molecule has 0 aromatic heterocycles. The summed E-state index contributed by atoms with van der Waals surface area (Å²) in [5.74, 6) is 0. The molecule has 0 spiro atoms. The molecule has 0 atom stereocenters.